The lowest BCUT2D eigenvalue weighted by Crippen LogP contribution is -2.43. The fraction of sp³-hybridized carbons (Fsp3) is 0.625. The van der Waals surface area contributed by atoms with E-state index in [4.69, 9.17) is 16.7 Å². The van der Waals surface area contributed by atoms with Crippen LogP contribution in [0.4, 0.5) is 0 Å². The Labute approximate surface area is 127 Å². The second-order valence-corrected chi connectivity index (χ2v) is 6.06. The number of piperidine rings is 1. The van der Waals surface area contributed by atoms with E-state index in [1.165, 1.54) is 18.4 Å². The van der Waals surface area contributed by atoms with E-state index >= 15 is 0 Å². The molecule has 0 spiro atoms. The zero-order valence-corrected chi connectivity index (χ0v) is 13.0. The number of nitrogens with zero attached hydrogens (tertiary/aromatic N) is 2. The topological polar surface area (TPSA) is 26.7 Å². The van der Waals surface area contributed by atoms with E-state index in [0.29, 0.717) is 6.04 Å². The van der Waals surface area contributed by atoms with Crippen molar-refractivity contribution in [3.63, 3.8) is 0 Å². The molecule has 0 radical (unpaired) electrons. The van der Waals surface area contributed by atoms with Gasteiger partial charge in [-0.1, -0.05) is 29.8 Å². The first-order valence-electron chi connectivity index (χ1n) is 7.47. The van der Waals surface area contributed by atoms with Crippen molar-refractivity contribution < 1.29 is 5.11 Å². The molecule has 0 unspecified atom stereocenters. The lowest BCUT2D eigenvalue weighted by atomic mass is 10.0. The Morgan fingerprint density at radius 2 is 2.00 bits per heavy atom. The second-order valence-electron chi connectivity index (χ2n) is 5.66. The van der Waals surface area contributed by atoms with E-state index in [1.54, 1.807) is 0 Å². The molecule has 0 saturated carbocycles. The molecule has 4 heteroatoms. The summed E-state index contributed by atoms with van der Waals surface area (Å²) in [5.41, 5.74) is 1.22. The fourth-order valence-corrected chi connectivity index (χ4v) is 3.08. The van der Waals surface area contributed by atoms with Crippen LogP contribution in [0.1, 0.15) is 24.8 Å². The summed E-state index contributed by atoms with van der Waals surface area (Å²) in [5.74, 6) is 0. The molecule has 1 heterocycles. The molecule has 0 aliphatic carbocycles. The van der Waals surface area contributed by atoms with E-state index in [9.17, 15) is 0 Å². The van der Waals surface area contributed by atoms with Gasteiger partial charge in [-0.05, 0) is 51.0 Å². The van der Waals surface area contributed by atoms with Crippen LogP contribution in [-0.4, -0.2) is 54.2 Å². The molecule has 0 bridgehead atoms. The van der Waals surface area contributed by atoms with Crippen molar-refractivity contribution >= 4 is 11.6 Å². The first-order chi connectivity index (χ1) is 9.70. The predicted molar refractivity (Wildman–Crippen MR) is 84.1 cm³/mol. The summed E-state index contributed by atoms with van der Waals surface area (Å²) in [5, 5.41) is 9.77. The molecule has 2 rings (SSSR count). The quantitative estimate of drug-likeness (QED) is 0.874. The number of hydrogen-bond acceptors (Lipinski definition) is 3. The number of hydrogen-bond donors (Lipinski definition) is 1. The van der Waals surface area contributed by atoms with E-state index in [1.807, 2.05) is 12.1 Å². The van der Waals surface area contributed by atoms with Crippen molar-refractivity contribution in [2.24, 2.45) is 0 Å². The molecular weight excluding hydrogens is 272 g/mol. The monoisotopic (exact) mass is 296 g/mol. The van der Waals surface area contributed by atoms with Gasteiger partial charge in [0.1, 0.15) is 0 Å². The normalized spacial score (nSPS) is 17.8. The van der Waals surface area contributed by atoms with Crippen molar-refractivity contribution in [3.05, 3.63) is 34.9 Å². The van der Waals surface area contributed by atoms with Gasteiger partial charge in [0.25, 0.3) is 0 Å². The van der Waals surface area contributed by atoms with Gasteiger partial charge >= 0.3 is 0 Å². The van der Waals surface area contributed by atoms with Gasteiger partial charge in [0.2, 0.25) is 0 Å². The largest absolute Gasteiger partial charge is 0.396 e. The van der Waals surface area contributed by atoms with Gasteiger partial charge in [0.15, 0.2) is 0 Å². The van der Waals surface area contributed by atoms with E-state index in [-0.39, 0.29) is 6.61 Å². The highest BCUT2D eigenvalue weighted by molar-refractivity contribution is 6.31. The van der Waals surface area contributed by atoms with Crippen LogP contribution in [0, 0.1) is 0 Å². The highest BCUT2D eigenvalue weighted by atomic mass is 35.5. The Morgan fingerprint density at radius 3 is 2.65 bits per heavy atom. The van der Waals surface area contributed by atoms with Crippen LogP contribution in [0.2, 0.25) is 5.02 Å². The summed E-state index contributed by atoms with van der Waals surface area (Å²) in [7, 11) is 2.17. The second kappa shape index (κ2) is 7.99. The van der Waals surface area contributed by atoms with Crippen LogP contribution in [0.25, 0.3) is 0 Å². The van der Waals surface area contributed by atoms with Crippen molar-refractivity contribution in [2.45, 2.75) is 31.8 Å². The Bertz CT molecular complexity index is 405. The van der Waals surface area contributed by atoms with Gasteiger partial charge in [0, 0.05) is 30.8 Å². The van der Waals surface area contributed by atoms with E-state index in [2.05, 4.69) is 29.0 Å². The number of likely N-dealkylation sites (tertiary alicyclic amines) is 1. The summed E-state index contributed by atoms with van der Waals surface area (Å²) in [6, 6.07) is 8.77. The molecule has 20 heavy (non-hydrogen) atoms. The Balaban J connectivity index is 1.78. The van der Waals surface area contributed by atoms with E-state index < -0.39 is 0 Å². The molecule has 1 saturated heterocycles. The van der Waals surface area contributed by atoms with Gasteiger partial charge in [0.05, 0.1) is 0 Å². The number of benzene rings is 1. The van der Waals surface area contributed by atoms with Crippen molar-refractivity contribution in [1.29, 1.82) is 0 Å². The van der Waals surface area contributed by atoms with Gasteiger partial charge in [-0.15, -0.1) is 0 Å². The number of halogens is 1. The molecule has 3 nitrogen and oxygen atoms in total. The number of aliphatic hydroxyl groups is 1. The molecule has 1 aromatic rings. The van der Waals surface area contributed by atoms with Gasteiger partial charge in [-0.3, -0.25) is 4.90 Å². The average molecular weight is 297 g/mol. The molecule has 1 N–H and O–H groups in total. The lowest BCUT2D eigenvalue weighted by molar-refractivity contribution is 0.117. The third-order valence-corrected chi connectivity index (χ3v) is 4.57. The van der Waals surface area contributed by atoms with Gasteiger partial charge in [-0.2, -0.15) is 0 Å². The molecule has 1 aliphatic rings. The average Bonchev–Trinajstić information content (AvgIpc) is 2.48. The zero-order valence-electron chi connectivity index (χ0n) is 12.3. The van der Waals surface area contributed by atoms with Crippen molar-refractivity contribution in [2.75, 3.05) is 33.3 Å². The van der Waals surface area contributed by atoms with Crippen molar-refractivity contribution in [3.8, 4) is 0 Å². The molecule has 0 atom stereocenters. The molecule has 1 aliphatic heterocycles. The summed E-state index contributed by atoms with van der Waals surface area (Å²) >= 11 is 6.22. The molecule has 0 aromatic heterocycles. The maximum Gasteiger partial charge on any atom is 0.0451 e. The number of rotatable bonds is 6. The van der Waals surface area contributed by atoms with Crippen LogP contribution in [-0.2, 0) is 6.54 Å². The molecule has 112 valence electrons. The molecule has 1 aromatic carbocycles. The van der Waals surface area contributed by atoms with Gasteiger partial charge < -0.3 is 10.0 Å². The highest BCUT2D eigenvalue weighted by Gasteiger charge is 2.22. The third kappa shape index (κ3) is 4.45. The predicted octanol–water partition coefficient (Wildman–Crippen LogP) is 2.62. The summed E-state index contributed by atoms with van der Waals surface area (Å²) < 4.78 is 0. The molecular formula is C16H25ClN2O. The highest BCUT2D eigenvalue weighted by Crippen LogP contribution is 2.21. The minimum absolute atomic E-state index is 0.287. The Morgan fingerprint density at radius 1 is 1.30 bits per heavy atom. The van der Waals surface area contributed by atoms with E-state index in [0.717, 1.165) is 37.6 Å². The maximum atomic E-state index is 8.90. The van der Waals surface area contributed by atoms with Crippen molar-refractivity contribution in [1.82, 2.24) is 9.80 Å². The van der Waals surface area contributed by atoms with Gasteiger partial charge in [-0.25, -0.2) is 0 Å². The molecule has 0 amide bonds. The summed E-state index contributed by atoms with van der Waals surface area (Å²) in [6.07, 6.45) is 3.27. The third-order valence-electron chi connectivity index (χ3n) is 4.20. The summed E-state index contributed by atoms with van der Waals surface area (Å²) in [4.78, 5) is 4.88. The van der Waals surface area contributed by atoms with Crippen LogP contribution in [0.15, 0.2) is 24.3 Å². The SMILES string of the molecule is CN(CCCO)C1CCN(Cc2ccccc2Cl)CC1. The zero-order chi connectivity index (χ0) is 14.4. The number of aliphatic hydroxyl groups excluding tert-OH is 1. The first-order valence-corrected chi connectivity index (χ1v) is 7.85. The first kappa shape index (κ1) is 15.8. The minimum Gasteiger partial charge on any atom is -0.396 e. The smallest absolute Gasteiger partial charge is 0.0451 e. The maximum absolute atomic E-state index is 8.90. The minimum atomic E-state index is 0.287. The van der Waals surface area contributed by atoms with Crippen LogP contribution < -0.4 is 0 Å². The molecule has 1 fully saturated rings. The Kier molecular flexibility index (Phi) is 6.30. The van der Waals surface area contributed by atoms with Crippen LogP contribution in [0.5, 0.6) is 0 Å². The standard InChI is InChI=1S/C16H25ClN2O/c1-18(9-4-12-20)15-7-10-19(11-8-15)13-14-5-2-3-6-16(14)17/h2-3,5-6,15,20H,4,7-13H2,1H3. The van der Waals surface area contributed by atoms with Crippen LogP contribution in [0.3, 0.4) is 0 Å². The fourth-order valence-electron chi connectivity index (χ4n) is 2.89. The Hall–Kier alpha value is -0.610. The lowest BCUT2D eigenvalue weighted by Gasteiger charge is -2.36. The summed E-state index contributed by atoms with van der Waals surface area (Å²) in [6.45, 7) is 4.48. The van der Waals surface area contributed by atoms with Crippen LogP contribution >= 0.6 is 11.6 Å².